The summed E-state index contributed by atoms with van der Waals surface area (Å²) in [5.41, 5.74) is 0.128. The summed E-state index contributed by atoms with van der Waals surface area (Å²) in [6.45, 7) is 4.15. The summed E-state index contributed by atoms with van der Waals surface area (Å²) >= 11 is 0. The number of nitrogens with zero attached hydrogens (tertiary/aromatic N) is 3. The van der Waals surface area contributed by atoms with Crippen molar-refractivity contribution in [2.75, 3.05) is 5.32 Å². The number of aryl methyl sites for hydroxylation is 2. The molecular weight excluding hydrogens is 284 g/mol. The molecule has 1 aromatic carbocycles. The van der Waals surface area contributed by atoms with Crippen LogP contribution in [0.3, 0.4) is 0 Å². The molecule has 0 aliphatic carbocycles. The third kappa shape index (κ3) is 2.37. The predicted molar refractivity (Wildman–Crippen MR) is 80.9 cm³/mol. The van der Waals surface area contributed by atoms with Crippen molar-refractivity contribution in [1.29, 1.82) is 0 Å². The van der Waals surface area contributed by atoms with E-state index in [0.29, 0.717) is 23.2 Å². The van der Waals surface area contributed by atoms with Crippen LogP contribution < -0.4 is 10.7 Å². The van der Waals surface area contributed by atoms with E-state index in [-0.39, 0.29) is 11.5 Å². The number of nitrogens with one attached hydrogen (secondary N) is 1. The van der Waals surface area contributed by atoms with E-state index in [9.17, 15) is 9.59 Å². The minimum atomic E-state index is -0.605. The number of carbonyl (C=O) groups excluding carboxylic acids is 1. The fraction of sp³-hybridized carbons (Fsp3) is 0.200. The van der Waals surface area contributed by atoms with E-state index in [1.54, 1.807) is 35.9 Å². The smallest absolute Gasteiger partial charge is 0.281 e. The summed E-state index contributed by atoms with van der Waals surface area (Å²) in [6, 6.07) is 8.63. The fourth-order valence-electron chi connectivity index (χ4n) is 2.23. The zero-order chi connectivity index (χ0) is 15.7. The molecule has 22 heavy (non-hydrogen) atoms. The van der Waals surface area contributed by atoms with E-state index in [2.05, 4.69) is 15.6 Å². The number of carbonyl (C=O) groups is 1. The SMILES string of the molecule is CCn1nc(C(=O)Nc2cc(C)on2)c(=O)c2ccccc21. The summed E-state index contributed by atoms with van der Waals surface area (Å²) < 4.78 is 6.50. The van der Waals surface area contributed by atoms with E-state index in [4.69, 9.17) is 4.52 Å². The van der Waals surface area contributed by atoms with Crippen LogP contribution >= 0.6 is 0 Å². The van der Waals surface area contributed by atoms with Crippen molar-refractivity contribution in [3.8, 4) is 0 Å². The van der Waals surface area contributed by atoms with Crippen molar-refractivity contribution >= 4 is 22.6 Å². The summed E-state index contributed by atoms with van der Waals surface area (Å²) in [5, 5.41) is 10.8. The highest BCUT2D eigenvalue weighted by Crippen LogP contribution is 2.11. The average molecular weight is 298 g/mol. The lowest BCUT2D eigenvalue weighted by Crippen LogP contribution is -2.27. The summed E-state index contributed by atoms with van der Waals surface area (Å²) in [7, 11) is 0. The molecule has 0 unspecified atom stereocenters. The van der Waals surface area contributed by atoms with Crippen LogP contribution in [-0.4, -0.2) is 20.8 Å². The summed E-state index contributed by atoms with van der Waals surface area (Å²) in [5.74, 6) is 0.207. The number of fused-ring (bicyclic) bond motifs is 1. The Morgan fingerprint density at radius 1 is 1.36 bits per heavy atom. The second-order valence-electron chi connectivity index (χ2n) is 4.79. The topological polar surface area (TPSA) is 90.0 Å². The number of rotatable bonds is 3. The number of para-hydroxylation sites is 1. The molecule has 0 fully saturated rings. The Balaban J connectivity index is 2.08. The summed E-state index contributed by atoms with van der Waals surface area (Å²) in [4.78, 5) is 24.7. The predicted octanol–water partition coefficient (Wildman–Crippen LogP) is 1.97. The Morgan fingerprint density at radius 3 is 2.82 bits per heavy atom. The van der Waals surface area contributed by atoms with Crippen LogP contribution in [0.5, 0.6) is 0 Å². The monoisotopic (exact) mass is 298 g/mol. The first-order valence-electron chi connectivity index (χ1n) is 6.84. The van der Waals surface area contributed by atoms with E-state index in [1.165, 1.54) is 0 Å². The van der Waals surface area contributed by atoms with Gasteiger partial charge in [0, 0.05) is 18.0 Å². The van der Waals surface area contributed by atoms with Gasteiger partial charge in [-0.25, -0.2) is 0 Å². The zero-order valence-corrected chi connectivity index (χ0v) is 12.2. The van der Waals surface area contributed by atoms with Crippen LogP contribution in [0.1, 0.15) is 23.2 Å². The largest absolute Gasteiger partial charge is 0.360 e. The van der Waals surface area contributed by atoms with Gasteiger partial charge in [0.15, 0.2) is 11.5 Å². The van der Waals surface area contributed by atoms with Crippen molar-refractivity contribution < 1.29 is 9.32 Å². The highest BCUT2D eigenvalue weighted by atomic mass is 16.5. The molecular formula is C15H14N4O3. The molecule has 0 saturated carbocycles. The Hall–Kier alpha value is -2.96. The van der Waals surface area contributed by atoms with Gasteiger partial charge in [0.05, 0.1) is 5.52 Å². The maximum absolute atomic E-state index is 12.5. The second kappa shape index (κ2) is 5.44. The molecule has 0 aliphatic heterocycles. The molecule has 0 bridgehead atoms. The van der Waals surface area contributed by atoms with Gasteiger partial charge in [-0.2, -0.15) is 5.10 Å². The quantitative estimate of drug-likeness (QED) is 0.798. The minimum Gasteiger partial charge on any atom is -0.360 e. The van der Waals surface area contributed by atoms with Gasteiger partial charge in [-0.05, 0) is 26.0 Å². The summed E-state index contributed by atoms with van der Waals surface area (Å²) in [6.07, 6.45) is 0. The number of benzene rings is 1. The Kier molecular flexibility index (Phi) is 3.46. The van der Waals surface area contributed by atoms with E-state index in [0.717, 1.165) is 0 Å². The Morgan fingerprint density at radius 2 is 2.14 bits per heavy atom. The van der Waals surface area contributed by atoms with Gasteiger partial charge >= 0.3 is 0 Å². The number of hydrogen-bond acceptors (Lipinski definition) is 5. The molecule has 1 N–H and O–H groups in total. The Labute approximate surface area is 125 Å². The van der Waals surface area contributed by atoms with Gasteiger partial charge in [-0.15, -0.1) is 0 Å². The van der Waals surface area contributed by atoms with Gasteiger partial charge in [0.25, 0.3) is 5.91 Å². The number of anilines is 1. The zero-order valence-electron chi connectivity index (χ0n) is 12.2. The van der Waals surface area contributed by atoms with Crippen LogP contribution in [0.15, 0.2) is 39.6 Å². The molecule has 7 nitrogen and oxygen atoms in total. The lowest BCUT2D eigenvalue weighted by Gasteiger charge is -2.09. The van der Waals surface area contributed by atoms with Gasteiger partial charge in [-0.1, -0.05) is 17.3 Å². The standard InChI is InChI=1S/C15H14N4O3/c1-3-19-11-7-5-4-6-10(11)14(20)13(17-19)15(21)16-12-8-9(2)22-18-12/h4-8H,3H2,1-2H3,(H,16,18,21). The molecule has 1 amide bonds. The molecule has 2 heterocycles. The first kappa shape index (κ1) is 14.0. The highest BCUT2D eigenvalue weighted by molar-refractivity contribution is 6.03. The van der Waals surface area contributed by atoms with Gasteiger partial charge < -0.3 is 9.84 Å². The van der Waals surface area contributed by atoms with Gasteiger partial charge in [0.2, 0.25) is 5.43 Å². The Bertz CT molecular complexity index is 911. The van der Waals surface area contributed by atoms with Crippen LogP contribution in [0.25, 0.3) is 10.9 Å². The molecule has 0 saturated heterocycles. The third-order valence-electron chi connectivity index (χ3n) is 3.25. The van der Waals surface area contributed by atoms with Gasteiger partial charge in [0.1, 0.15) is 5.76 Å². The lowest BCUT2D eigenvalue weighted by molar-refractivity contribution is 0.101. The van der Waals surface area contributed by atoms with Crippen molar-refractivity contribution in [2.45, 2.75) is 20.4 Å². The normalized spacial score (nSPS) is 10.8. The van der Waals surface area contributed by atoms with Crippen molar-refractivity contribution in [3.63, 3.8) is 0 Å². The van der Waals surface area contributed by atoms with Crippen molar-refractivity contribution in [1.82, 2.24) is 14.9 Å². The van der Waals surface area contributed by atoms with E-state index >= 15 is 0 Å². The molecule has 0 spiro atoms. The lowest BCUT2D eigenvalue weighted by atomic mass is 10.2. The molecule has 3 rings (SSSR count). The molecule has 0 aliphatic rings. The van der Waals surface area contributed by atoms with Crippen LogP contribution in [0, 0.1) is 6.92 Å². The van der Waals surface area contributed by atoms with E-state index < -0.39 is 11.3 Å². The highest BCUT2D eigenvalue weighted by Gasteiger charge is 2.18. The number of amides is 1. The molecule has 0 radical (unpaired) electrons. The van der Waals surface area contributed by atoms with Crippen LogP contribution in [0.2, 0.25) is 0 Å². The average Bonchev–Trinajstić information content (AvgIpc) is 2.93. The minimum absolute atomic E-state index is 0.166. The maximum Gasteiger partial charge on any atom is 0.281 e. The first-order valence-corrected chi connectivity index (χ1v) is 6.84. The molecule has 3 aromatic rings. The van der Waals surface area contributed by atoms with Crippen LogP contribution in [0.4, 0.5) is 5.82 Å². The maximum atomic E-state index is 12.5. The molecule has 0 atom stereocenters. The fourth-order valence-corrected chi connectivity index (χ4v) is 2.23. The van der Waals surface area contributed by atoms with Crippen LogP contribution in [-0.2, 0) is 6.54 Å². The van der Waals surface area contributed by atoms with Crippen molar-refractivity contribution in [3.05, 3.63) is 52.0 Å². The second-order valence-corrected chi connectivity index (χ2v) is 4.79. The first-order chi connectivity index (χ1) is 10.6. The number of hydrogen-bond donors (Lipinski definition) is 1. The number of aromatic nitrogens is 3. The molecule has 7 heteroatoms. The van der Waals surface area contributed by atoms with Crippen molar-refractivity contribution in [2.24, 2.45) is 0 Å². The van der Waals surface area contributed by atoms with E-state index in [1.807, 2.05) is 13.0 Å². The molecule has 2 aromatic heterocycles. The van der Waals surface area contributed by atoms with Gasteiger partial charge in [-0.3, -0.25) is 14.3 Å². The third-order valence-corrected chi connectivity index (χ3v) is 3.25. The molecule has 112 valence electrons.